The van der Waals surface area contributed by atoms with E-state index in [0.717, 1.165) is 11.3 Å². The standard InChI is InChI=1S/C16H16N2O2.2C2H6/c1-11-2-4-12(5-3-11)9-18-14-8-13(17)6-7-15(14)20-10-16(18)19;2*1-2/h2-8H,9-10,17H2,1H3;2*1-2H3. The van der Waals surface area contributed by atoms with Crippen LogP contribution >= 0.6 is 0 Å². The Kier molecular flexibility index (Phi) is 7.83. The van der Waals surface area contributed by atoms with Crippen LogP contribution in [0.1, 0.15) is 38.8 Å². The fourth-order valence-corrected chi connectivity index (χ4v) is 2.27. The second kappa shape index (κ2) is 9.60. The summed E-state index contributed by atoms with van der Waals surface area (Å²) in [5, 5.41) is 0. The van der Waals surface area contributed by atoms with Gasteiger partial charge in [0.15, 0.2) is 6.61 Å². The first kappa shape index (κ1) is 19.6. The Hall–Kier alpha value is -2.49. The van der Waals surface area contributed by atoms with Gasteiger partial charge in [0.25, 0.3) is 5.91 Å². The minimum atomic E-state index is -0.0522. The average molecular weight is 328 g/mol. The van der Waals surface area contributed by atoms with E-state index in [1.807, 2.05) is 58.9 Å². The molecule has 0 saturated carbocycles. The van der Waals surface area contributed by atoms with Crippen molar-refractivity contribution >= 4 is 17.3 Å². The highest BCUT2D eigenvalue weighted by molar-refractivity contribution is 5.98. The Morgan fingerprint density at radius 3 is 2.29 bits per heavy atom. The van der Waals surface area contributed by atoms with Crippen molar-refractivity contribution in [3.05, 3.63) is 53.6 Å². The topological polar surface area (TPSA) is 55.6 Å². The number of fused-ring (bicyclic) bond motifs is 1. The third kappa shape index (κ3) is 4.75. The van der Waals surface area contributed by atoms with Crippen LogP contribution in [0.25, 0.3) is 0 Å². The SMILES string of the molecule is CC.CC.Cc1ccc(CN2C(=O)COc3ccc(N)cc32)cc1. The van der Waals surface area contributed by atoms with Crippen molar-refractivity contribution in [1.29, 1.82) is 0 Å². The number of rotatable bonds is 2. The number of carbonyl (C=O) groups is 1. The molecule has 2 aromatic carbocycles. The van der Waals surface area contributed by atoms with Gasteiger partial charge in [-0.25, -0.2) is 0 Å². The zero-order chi connectivity index (χ0) is 18.1. The van der Waals surface area contributed by atoms with Gasteiger partial charge in [0.2, 0.25) is 0 Å². The van der Waals surface area contributed by atoms with Crippen LogP contribution in [0, 0.1) is 6.92 Å². The highest BCUT2D eigenvalue weighted by atomic mass is 16.5. The summed E-state index contributed by atoms with van der Waals surface area (Å²) < 4.78 is 5.43. The summed E-state index contributed by atoms with van der Waals surface area (Å²) in [6, 6.07) is 13.5. The van der Waals surface area contributed by atoms with E-state index >= 15 is 0 Å². The fourth-order valence-electron chi connectivity index (χ4n) is 2.27. The minimum Gasteiger partial charge on any atom is -0.482 e. The zero-order valence-electron chi connectivity index (χ0n) is 15.3. The first-order valence-electron chi connectivity index (χ1n) is 8.52. The summed E-state index contributed by atoms with van der Waals surface area (Å²) in [6.07, 6.45) is 0. The molecular weight excluding hydrogens is 300 g/mol. The van der Waals surface area contributed by atoms with Crippen LogP contribution in [-0.4, -0.2) is 12.5 Å². The Balaban J connectivity index is 0.000000671. The molecule has 0 spiro atoms. The molecule has 0 bridgehead atoms. The number of anilines is 2. The minimum absolute atomic E-state index is 0.0522. The molecule has 1 heterocycles. The maximum absolute atomic E-state index is 12.1. The number of nitrogen functional groups attached to an aromatic ring is 1. The number of hydrogen-bond donors (Lipinski definition) is 1. The van der Waals surface area contributed by atoms with Crippen molar-refractivity contribution in [3.63, 3.8) is 0 Å². The number of carbonyl (C=O) groups excluding carboxylic acids is 1. The molecule has 24 heavy (non-hydrogen) atoms. The first-order chi connectivity index (χ1) is 11.6. The van der Waals surface area contributed by atoms with Crippen LogP contribution in [-0.2, 0) is 11.3 Å². The van der Waals surface area contributed by atoms with Crippen molar-refractivity contribution in [2.24, 2.45) is 0 Å². The molecule has 2 N–H and O–H groups in total. The number of nitrogens with zero attached hydrogens (tertiary/aromatic N) is 1. The van der Waals surface area contributed by atoms with Gasteiger partial charge in [0.1, 0.15) is 5.75 Å². The van der Waals surface area contributed by atoms with Crippen LogP contribution < -0.4 is 15.4 Å². The molecule has 0 aromatic heterocycles. The zero-order valence-corrected chi connectivity index (χ0v) is 15.3. The van der Waals surface area contributed by atoms with E-state index in [-0.39, 0.29) is 12.5 Å². The van der Waals surface area contributed by atoms with E-state index in [1.165, 1.54) is 5.56 Å². The van der Waals surface area contributed by atoms with Crippen LogP contribution in [0.15, 0.2) is 42.5 Å². The molecular formula is C20H28N2O2. The van der Waals surface area contributed by atoms with E-state index < -0.39 is 0 Å². The molecule has 4 nitrogen and oxygen atoms in total. The number of amides is 1. The third-order valence-electron chi connectivity index (χ3n) is 3.39. The first-order valence-corrected chi connectivity index (χ1v) is 8.52. The predicted molar refractivity (Wildman–Crippen MR) is 101 cm³/mol. The summed E-state index contributed by atoms with van der Waals surface area (Å²) in [6.45, 7) is 10.6. The molecule has 0 aliphatic carbocycles. The molecule has 1 aliphatic heterocycles. The highest BCUT2D eigenvalue weighted by Gasteiger charge is 2.25. The van der Waals surface area contributed by atoms with Crippen molar-refractivity contribution in [2.75, 3.05) is 17.2 Å². The van der Waals surface area contributed by atoms with E-state index in [4.69, 9.17) is 10.5 Å². The van der Waals surface area contributed by atoms with Crippen molar-refractivity contribution in [1.82, 2.24) is 0 Å². The molecule has 0 fully saturated rings. The largest absolute Gasteiger partial charge is 0.482 e. The molecule has 1 amide bonds. The van der Waals surface area contributed by atoms with Crippen LogP contribution in [0.3, 0.4) is 0 Å². The summed E-state index contributed by atoms with van der Waals surface area (Å²) in [4.78, 5) is 13.8. The van der Waals surface area contributed by atoms with Crippen molar-refractivity contribution < 1.29 is 9.53 Å². The van der Waals surface area contributed by atoms with Crippen molar-refractivity contribution in [2.45, 2.75) is 41.2 Å². The maximum Gasteiger partial charge on any atom is 0.265 e. The summed E-state index contributed by atoms with van der Waals surface area (Å²) in [5.41, 5.74) is 9.45. The molecule has 0 radical (unpaired) electrons. The molecule has 1 aliphatic rings. The molecule has 0 saturated heterocycles. The molecule has 3 rings (SSSR count). The van der Waals surface area contributed by atoms with Gasteiger partial charge in [-0.3, -0.25) is 4.79 Å². The van der Waals surface area contributed by atoms with Crippen LogP contribution in [0.4, 0.5) is 11.4 Å². The van der Waals surface area contributed by atoms with Crippen molar-refractivity contribution in [3.8, 4) is 5.75 Å². The number of hydrogen-bond acceptors (Lipinski definition) is 3. The smallest absolute Gasteiger partial charge is 0.265 e. The Bertz CT molecular complexity index is 651. The van der Waals surface area contributed by atoms with Gasteiger partial charge < -0.3 is 15.4 Å². The lowest BCUT2D eigenvalue weighted by atomic mass is 10.1. The molecule has 0 atom stereocenters. The highest BCUT2D eigenvalue weighted by Crippen LogP contribution is 2.34. The van der Waals surface area contributed by atoms with E-state index in [1.54, 1.807) is 23.1 Å². The molecule has 130 valence electrons. The Morgan fingerprint density at radius 1 is 1.04 bits per heavy atom. The summed E-state index contributed by atoms with van der Waals surface area (Å²) >= 11 is 0. The Morgan fingerprint density at radius 2 is 1.67 bits per heavy atom. The Labute approximate surface area is 145 Å². The lowest BCUT2D eigenvalue weighted by Crippen LogP contribution is -2.38. The van der Waals surface area contributed by atoms with Crippen LogP contribution in [0.2, 0.25) is 0 Å². The van der Waals surface area contributed by atoms with E-state index in [2.05, 4.69) is 0 Å². The molecule has 0 unspecified atom stereocenters. The maximum atomic E-state index is 12.1. The van der Waals surface area contributed by atoms with Gasteiger partial charge in [-0.1, -0.05) is 57.5 Å². The van der Waals surface area contributed by atoms with Gasteiger partial charge in [-0.2, -0.15) is 0 Å². The normalized spacial score (nSPS) is 12.0. The average Bonchev–Trinajstić information content (AvgIpc) is 2.63. The quantitative estimate of drug-likeness (QED) is 0.823. The number of aryl methyl sites for hydroxylation is 1. The second-order valence-electron chi connectivity index (χ2n) is 4.98. The summed E-state index contributed by atoms with van der Waals surface area (Å²) in [7, 11) is 0. The van der Waals surface area contributed by atoms with Gasteiger partial charge >= 0.3 is 0 Å². The van der Waals surface area contributed by atoms with Gasteiger partial charge in [-0.05, 0) is 30.7 Å². The third-order valence-corrected chi connectivity index (χ3v) is 3.39. The molecule has 2 aromatic rings. The lowest BCUT2D eigenvalue weighted by Gasteiger charge is -2.29. The van der Waals surface area contributed by atoms with E-state index in [9.17, 15) is 4.79 Å². The lowest BCUT2D eigenvalue weighted by molar-refractivity contribution is -0.121. The number of ether oxygens (including phenoxy) is 1. The van der Waals surface area contributed by atoms with Gasteiger partial charge in [0.05, 0.1) is 12.2 Å². The summed E-state index contributed by atoms with van der Waals surface area (Å²) in [5.74, 6) is 0.648. The number of benzene rings is 2. The molecule has 4 heteroatoms. The van der Waals surface area contributed by atoms with Gasteiger partial charge in [0, 0.05) is 5.69 Å². The monoisotopic (exact) mass is 328 g/mol. The number of nitrogens with two attached hydrogens (primary N) is 1. The fraction of sp³-hybridized carbons (Fsp3) is 0.350. The van der Waals surface area contributed by atoms with Gasteiger partial charge in [-0.15, -0.1) is 0 Å². The second-order valence-corrected chi connectivity index (χ2v) is 4.98. The van der Waals surface area contributed by atoms with Crippen LogP contribution in [0.5, 0.6) is 5.75 Å². The van der Waals surface area contributed by atoms with E-state index in [0.29, 0.717) is 18.0 Å². The predicted octanol–water partition coefficient (Wildman–Crippen LogP) is 4.56.